The average Bonchev–Trinajstić information content (AvgIpc) is 2.43. The molecule has 0 aromatic heterocycles. The molecule has 0 fully saturated rings. The van der Waals surface area contributed by atoms with Crippen LogP contribution in [0.15, 0.2) is 24.3 Å². The Morgan fingerprint density at radius 3 is 2.63 bits per heavy atom. The van der Waals surface area contributed by atoms with E-state index in [0.29, 0.717) is 19.1 Å². The normalized spacial score (nSPS) is 12.6. The monoisotopic (exact) mass is 328 g/mol. The van der Waals surface area contributed by atoms with E-state index in [-0.39, 0.29) is 0 Å². The van der Waals surface area contributed by atoms with Crippen molar-refractivity contribution < 1.29 is 9.47 Å². The van der Waals surface area contributed by atoms with Gasteiger partial charge in [-0.15, -0.1) is 0 Å². The molecular formula is C16H25BrO2. The molecule has 1 aromatic carbocycles. The van der Waals surface area contributed by atoms with Crippen LogP contribution >= 0.6 is 15.9 Å². The Morgan fingerprint density at radius 2 is 1.95 bits per heavy atom. The van der Waals surface area contributed by atoms with Crippen LogP contribution in [0.5, 0.6) is 0 Å². The van der Waals surface area contributed by atoms with E-state index in [0.717, 1.165) is 24.8 Å². The molecule has 0 radical (unpaired) electrons. The maximum atomic E-state index is 5.50. The highest BCUT2D eigenvalue weighted by Crippen LogP contribution is 2.19. The summed E-state index contributed by atoms with van der Waals surface area (Å²) in [5, 5.41) is 1.05. The number of methoxy groups -OCH3 is 1. The SMILES string of the molecule is COCCOCCCC(CBr)Cc1ccccc1C. The summed E-state index contributed by atoms with van der Waals surface area (Å²) in [7, 11) is 1.70. The van der Waals surface area contributed by atoms with Gasteiger partial charge in [0, 0.05) is 19.0 Å². The van der Waals surface area contributed by atoms with Crippen LogP contribution in [0.4, 0.5) is 0 Å². The highest BCUT2D eigenvalue weighted by Gasteiger charge is 2.09. The van der Waals surface area contributed by atoms with Gasteiger partial charge in [0.2, 0.25) is 0 Å². The molecule has 1 rings (SSSR count). The predicted octanol–water partition coefficient (Wildman–Crippen LogP) is 3.99. The molecule has 1 unspecified atom stereocenters. The highest BCUT2D eigenvalue weighted by molar-refractivity contribution is 9.09. The number of hydrogen-bond acceptors (Lipinski definition) is 2. The van der Waals surface area contributed by atoms with Crippen molar-refractivity contribution in [2.24, 2.45) is 5.92 Å². The number of ether oxygens (including phenoxy) is 2. The van der Waals surface area contributed by atoms with E-state index >= 15 is 0 Å². The summed E-state index contributed by atoms with van der Waals surface area (Å²) < 4.78 is 10.5. The number of halogens is 1. The van der Waals surface area contributed by atoms with Crippen molar-refractivity contribution in [3.63, 3.8) is 0 Å². The molecule has 0 spiro atoms. The molecule has 2 nitrogen and oxygen atoms in total. The van der Waals surface area contributed by atoms with Crippen LogP contribution in [-0.4, -0.2) is 32.3 Å². The summed E-state index contributed by atoms with van der Waals surface area (Å²) in [6.07, 6.45) is 3.47. The average molecular weight is 329 g/mol. The standard InChI is InChI=1S/C16H25BrO2/c1-14-6-3-4-8-16(14)12-15(13-17)7-5-9-19-11-10-18-2/h3-4,6,8,15H,5,7,9-13H2,1-2H3. The molecule has 0 aliphatic rings. The molecule has 19 heavy (non-hydrogen) atoms. The third kappa shape index (κ3) is 7.09. The second kappa shape index (κ2) is 10.4. The Hall–Kier alpha value is -0.380. The fraction of sp³-hybridized carbons (Fsp3) is 0.625. The van der Waals surface area contributed by atoms with E-state index in [2.05, 4.69) is 47.1 Å². The molecule has 0 aliphatic carbocycles. The van der Waals surface area contributed by atoms with E-state index in [9.17, 15) is 0 Å². The first kappa shape index (κ1) is 16.7. The smallest absolute Gasteiger partial charge is 0.0700 e. The third-order valence-electron chi connectivity index (χ3n) is 3.32. The number of benzene rings is 1. The van der Waals surface area contributed by atoms with Crippen molar-refractivity contribution in [2.45, 2.75) is 26.2 Å². The van der Waals surface area contributed by atoms with Gasteiger partial charge in [-0.3, -0.25) is 0 Å². The summed E-state index contributed by atoms with van der Waals surface area (Å²) in [5.74, 6) is 0.687. The van der Waals surface area contributed by atoms with Gasteiger partial charge in [-0.05, 0) is 43.2 Å². The zero-order valence-electron chi connectivity index (χ0n) is 12.0. The zero-order chi connectivity index (χ0) is 13.9. The van der Waals surface area contributed by atoms with E-state index < -0.39 is 0 Å². The molecule has 0 amide bonds. The fourth-order valence-electron chi connectivity index (χ4n) is 2.10. The summed E-state index contributed by atoms with van der Waals surface area (Å²) >= 11 is 3.63. The van der Waals surface area contributed by atoms with Gasteiger partial charge < -0.3 is 9.47 Å². The van der Waals surface area contributed by atoms with Crippen LogP contribution in [0, 0.1) is 12.8 Å². The Kier molecular flexibility index (Phi) is 9.14. The largest absolute Gasteiger partial charge is 0.382 e. The third-order valence-corrected chi connectivity index (χ3v) is 4.24. The molecule has 0 heterocycles. The van der Waals surface area contributed by atoms with Crippen LogP contribution in [0.2, 0.25) is 0 Å². The van der Waals surface area contributed by atoms with Crippen molar-refractivity contribution in [1.82, 2.24) is 0 Å². The van der Waals surface area contributed by atoms with Crippen LogP contribution < -0.4 is 0 Å². The second-order valence-electron chi connectivity index (χ2n) is 4.90. The van der Waals surface area contributed by atoms with Gasteiger partial charge >= 0.3 is 0 Å². The molecule has 1 atom stereocenters. The Morgan fingerprint density at radius 1 is 1.16 bits per heavy atom. The molecule has 3 heteroatoms. The van der Waals surface area contributed by atoms with Crippen molar-refractivity contribution in [3.05, 3.63) is 35.4 Å². The molecular weight excluding hydrogens is 304 g/mol. The van der Waals surface area contributed by atoms with E-state index in [4.69, 9.17) is 9.47 Å². The molecule has 0 saturated carbocycles. The lowest BCUT2D eigenvalue weighted by Gasteiger charge is -2.15. The summed E-state index contributed by atoms with van der Waals surface area (Å²) in [5.41, 5.74) is 2.86. The first-order valence-electron chi connectivity index (χ1n) is 6.95. The van der Waals surface area contributed by atoms with Gasteiger partial charge in [0.05, 0.1) is 13.2 Å². The molecule has 1 aromatic rings. The number of hydrogen-bond donors (Lipinski definition) is 0. The fourth-order valence-corrected chi connectivity index (χ4v) is 2.65. The first-order valence-corrected chi connectivity index (χ1v) is 8.07. The minimum absolute atomic E-state index is 0.686. The van der Waals surface area contributed by atoms with Crippen molar-refractivity contribution in [3.8, 4) is 0 Å². The van der Waals surface area contributed by atoms with Gasteiger partial charge in [0.25, 0.3) is 0 Å². The Labute approximate surface area is 125 Å². The van der Waals surface area contributed by atoms with Gasteiger partial charge in [0.15, 0.2) is 0 Å². The summed E-state index contributed by atoms with van der Waals surface area (Å²) in [6, 6.07) is 8.65. The number of rotatable bonds is 10. The summed E-state index contributed by atoms with van der Waals surface area (Å²) in [6.45, 7) is 4.41. The highest BCUT2D eigenvalue weighted by atomic mass is 79.9. The lowest BCUT2D eigenvalue weighted by atomic mass is 9.94. The minimum atomic E-state index is 0.686. The van der Waals surface area contributed by atoms with Crippen LogP contribution in [0.3, 0.4) is 0 Å². The molecule has 108 valence electrons. The van der Waals surface area contributed by atoms with Gasteiger partial charge in [-0.2, -0.15) is 0 Å². The van der Waals surface area contributed by atoms with Crippen molar-refractivity contribution in [1.29, 1.82) is 0 Å². The Balaban J connectivity index is 2.24. The minimum Gasteiger partial charge on any atom is -0.382 e. The lowest BCUT2D eigenvalue weighted by molar-refractivity contribution is 0.0675. The van der Waals surface area contributed by atoms with Gasteiger partial charge in [0.1, 0.15) is 0 Å². The number of aryl methyl sites for hydroxylation is 1. The van der Waals surface area contributed by atoms with Gasteiger partial charge in [-0.25, -0.2) is 0 Å². The van der Waals surface area contributed by atoms with Crippen molar-refractivity contribution in [2.75, 3.05) is 32.3 Å². The topological polar surface area (TPSA) is 18.5 Å². The lowest BCUT2D eigenvalue weighted by Crippen LogP contribution is -2.10. The number of alkyl halides is 1. The maximum absolute atomic E-state index is 5.50. The van der Waals surface area contributed by atoms with Crippen LogP contribution in [0.1, 0.15) is 24.0 Å². The second-order valence-corrected chi connectivity index (χ2v) is 5.55. The first-order chi connectivity index (χ1) is 9.27. The van der Waals surface area contributed by atoms with E-state index in [1.807, 2.05) is 0 Å². The summed E-state index contributed by atoms with van der Waals surface area (Å²) in [4.78, 5) is 0. The molecule has 0 bridgehead atoms. The van der Waals surface area contributed by atoms with E-state index in [1.165, 1.54) is 17.5 Å². The van der Waals surface area contributed by atoms with Crippen LogP contribution in [0.25, 0.3) is 0 Å². The quantitative estimate of drug-likeness (QED) is 0.477. The predicted molar refractivity (Wildman–Crippen MR) is 84.1 cm³/mol. The molecule has 0 N–H and O–H groups in total. The maximum Gasteiger partial charge on any atom is 0.0700 e. The Bertz CT molecular complexity index is 341. The molecule has 0 aliphatic heterocycles. The molecule has 0 saturated heterocycles. The van der Waals surface area contributed by atoms with Gasteiger partial charge in [-0.1, -0.05) is 40.2 Å². The van der Waals surface area contributed by atoms with E-state index in [1.54, 1.807) is 7.11 Å². The zero-order valence-corrected chi connectivity index (χ0v) is 13.6. The van der Waals surface area contributed by atoms with Crippen LogP contribution in [-0.2, 0) is 15.9 Å². The van der Waals surface area contributed by atoms with Crippen molar-refractivity contribution >= 4 is 15.9 Å².